The van der Waals surface area contributed by atoms with Gasteiger partial charge in [-0.3, -0.25) is 4.52 Å². The van der Waals surface area contributed by atoms with Crippen LogP contribution in [-0.4, -0.2) is 0 Å². The third-order valence-corrected chi connectivity index (χ3v) is 3.26. The summed E-state index contributed by atoms with van der Waals surface area (Å²) < 4.78 is 15.7. The average Bonchev–Trinajstić information content (AvgIpc) is 2.69. The Morgan fingerprint density at radius 3 is 2.69 bits per heavy atom. The molecule has 0 aromatic heterocycles. The number of benzene rings is 2. The van der Waals surface area contributed by atoms with Gasteiger partial charge in [-0.15, -0.1) is 0 Å². The van der Waals surface area contributed by atoms with Gasteiger partial charge in [0.25, 0.3) is 0 Å². The van der Waals surface area contributed by atoms with Crippen molar-refractivity contribution in [2.45, 2.75) is 6.42 Å². The molecule has 1 aliphatic rings. The van der Waals surface area contributed by atoms with Crippen LogP contribution in [0.15, 0.2) is 42.5 Å². The minimum Gasteiger partial charge on any atom is -0.256 e. The predicted octanol–water partition coefficient (Wildman–Crippen LogP) is 3.58. The van der Waals surface area contributed by atoms with Crippen LogP contribution in [0.5, 0.6) is 5.75 Å². The summed E-state index contributed by atoms with van der Waals surface area (Å²) in [5.74, 6) is 0.738. The highest BCUT2D eigenvalue weighted by Gasteiger charge is 2.22. The van der Waals surface area contributed by atoms with E-state index < -0.39 is 8.69 Å². The first-order chi connectivity index (χ1) is 7.90. The maximum absolute atomic E-state index is 10.6. The van der Waals surface area contributed by atoms with Gasteiger partial charge in [-0.05, 0) is 27.3 Å². The van der Waals surface area contributed by atoms with Crippen molar-refractivity contribution in [3.8, 4) is 16.9 Å². The van der Waals surface area contributed by atoms with E-state index in [1.165, 1.54) is 16.7 Å². The van der Waals surface area contributed by atoms with Gasteiger partial charge in [0, 0.05) is 12.0 Å². The summed E-state index contributed by atoms with van der Waals surface area (Å²) in [6.07, 6.45) is 0.867. The molecule has 16 heavy (non-hydrogen) atoms. The standard InChI is InChI=1S/C13H10O2P/c14-16-15-13-7-3-6-11-10-5-2-1-4-9(10)8-12(11)13/h1-7,16H,8H2/q+1. The van der Waals surface area contributed by atoms with Crippen molar-refractivity contribution in [1.29, 1.82) is 0 Å². The van der Waals surface area contributed by atoms with Crippen molar-refractivity contribution >= 4 is 8.69 Å². The van der Waals surface area contributed by atoms with E-state index >= 15 is 0 Å². The van der Waals surface area contributed by atoms with E-state index in [0.717, 1.165) is 17.7 Å². The molecule has 0 heterocycles. The molecule has 0 saturated carbocycles. The third-order valence-electron chi connectivity index (χ3n) is 2.96. The van der Waals surface area contributed by atoms with Crippen molar-refractivity contribution in [3.63, 3.8) is 0 Å². The maximum atomic E-state index is 10.6. The van der Waals surface area contributed by atoms with E-state index in [0.29, 0.717) is 0 Å². The summed E-state index contributed by atoms with van der Waals surface area (Å²) in [6, 6.07) is 14.2. The maximum Gasteiger partial charge on any atom is 0.542 e. The van der Waals surface area contributed by atoms with E-state index in [2.05, 4.69) is 18.2 Å². The normalized spacial score (nSPS) is 12.2. The van der Waals surface area contributed by atoms with Crippen LogP contribution in [-0.2, 0) is 11.0 Å². The molecule has 0 saturated heterocycles. The van der Waals surface area contributed by atoms with E-state index in [9.17, 15) is 4.57 Å². The largest absolute Gasteiger partial charge is 0.542 e. The monoisotopic (exact) mass is 229 g/mol. The highest BCUT2D eigenvalue weighted by atomic mass is 31.1. The van der Waals surface area contributed by atoms with Gasteiger partial charge in [-0.25, -0.2) is 0 Å². The minimum atomic E-state index is -0.745. The van der Waals surface area contributed by atoms with Crippen LogP contribution in [0.2, 0.25) is 0 Å². The zero-order chi connectivity index (χ0) is 11.0. The third kappa shape index (κ3) is 1.35. The fourth-order valence-corrected chi connectivity index (χ4v) is 2.55. The van der Waals surface area contributed by atoms with E-state index in [1.807, 2.05) is 24.3 Å². The molecule has 0 fully saturated rings. The topological polar surface area (TPSA) is 26.3 Å². The molecule has 0 N–H and O–H groups in total. The molecule has 1 atom stereocenters. The van der Waals surface area contributed by atoms with Crippen LogP contribution in [0, 0.1) is 0 Å². The first kappa shape index (κ1) is 9.56. The van der Waals surface area contributed by atoms with E-state index in [4.69, 9.17) is 4.52 Å². The molecule has 2 aromatic carbocycles. The second kappa shape index (κ2) is 3.73. The minimum absolute atomic E-state index is 0.738. The van der Waals surface area contributed by atoms with Gasteiger partial charge >= 0.3 is 8.69 Å². The average molecular weight is 229 g/mol. The summed E-state index contributed by atoms with van der Waals surface area (Å²) in [7, 11) is -0.745. The van der Waals surface area contributed by atoms with Gasteiger partial charge in [0.1, 0.15) is 0 Å². The fraction of sp³-hybridized carbons (Fsp3) is 0.0769. The number of fused-ring (bicyclic) bond motifs is 3. The molecule has 0 spiro atoms. The molecule has 1 aliphatic carbocycles. The Labute approximate surface area is 95.2 Å². The molecular formula is C13H10O2P+. The van der Waals surface area contributed by atoms with Crippen molar-refractivity contribution < 1.29 is 9.09 Å². The van der Waals surface area contributed by atoms with Crippen LogP contribution in [0.25, 0.3) is 11.1 Å². The molecule has 3 heteroatoms. The molecule has 0 aliphatic heterocycles. The molecule has 0 amide bonds. The lowest BCUT2D eigenvalue weighted by atomic mass is 10.1. The van der Waals surface area contributed by atoms with Crippen molar-refractivity contribution in [1.82, 2.24) is 0 Å². The SMILES string of the molecule is O=[PH+]Oc1cccc2c1Cc1ccccc1-2. The Kier molecular flexibility index (Phi) is 2.23. The molecular weight excluding hydrogens is 219 g/mol. The summed E-state index contributed by atoms with van der Waals surface area (Å²) in [6.45, 7) is 0. The van der Waals surface area contributed by atoms with Gasteiger partial charge in [-0.2, -0.15) is 0 Å². The summed E-state index contributed by atoms with van der Waals surface area (Å²) in [4.78, 5) is 0. The Morgan fingerprint density at radius 2 is 1.81 bits per heavy atom. The zero-order valence-corrected chi connectivity index (χ0v) is 9.57. The second-order valence-corrected chi connectivity index (χ2v) is 4.17. The highest BCUT2D eigenvalue weighted by Crippen LogP contribution is 2.41. The molecule has 3 rings (SSSR count). The molecule has 0 radical (unpaired) electrons. The van der Waals surface area contributed by atoms with E-state index in [-0.39, 0.29) is 0 Å². The van der Waals surface area contributed by atoms with Gasteiger partial charge in [-0.1, -0.05) is 36.4 Å². The van der Waals surface area contributed by atoms with Crippen molar-refractivity contribution in [3.05, 3.63) is 53.6 Å². The lowest BCUT2D eigenvalue weighted by molar-refractivity contribution is 0.523. The molecule has 1 unspecified atom stereocenters. The number of hydrogen-bond acceptors (Lipinski definition) is 2. The first-order valence-corrected chi connectivity index (χ1v) is 5.96. The van der Waals surface area contributed by atoms with Crippen LogP contribution in [0.3, 0.4) is 0 Å². The first-order valence-electron chi connectivity index (χ1n) is 5.14. The summed E-state index contributed by atoms with van der Waals surface area (Å²) in [5, 5.41) is 0. The quantitative estimate of drug-likeness (QED) is 0.628. The van der Waals surface area contributed by atoms with Gasteiger partial charge < -0.3 is 0 Å². The smallest absolute Gasteiger partial charge is 0.256 e. The highest BCUT2D eigenvalue weighted by molar-refractivity contribution is 7.17. The summed E-state index contributed by atoms with van der Waals surface area (Å²) >= 11 is 0. The Morgan fingerprint density at radius 1 is 1.00 bits per heavy atom. The molecule has 78 valence electrons. The summed E-state index contributed by atoms with van der Waals surface area (Å²) in [5.41, 5.74) is 4.92. The molecule has 2 aromatic rings. The van der Waals surface area contributed by atoms with Crippen LogP contribution < -0.4 is 4.52 Å². The van der Waals surface area contributed by atoms with Crippen LogP contribution in [0.1, 0.15) is 11.1 Å². The molecule has 2 nitrogen and oxygen atoms in total. The second-order valence-electron chi connectivity index (χ2n) is 3.80. The van der Waals surface area contributed by atoms with Gasteiger partial charge in [0.05, 0.1) is 0 Å². The fourth-order valence-electron chi connectivity index (χ4n) is 2.27. The zero-order valence-electron chi connectivity index (χ0n) is 8.57. The van der Waals surface area contributed by atoms with E-state index in [1.54, 1.807) is 0 Å². The van der Waals surface area contributed by atoms with Crippen molar-refractivity contribution in [2.75, 3.05) is 0 Å². The predicted molar refractivity (Wildman–Crippen MR) is 64.3 cm³/mol. The number of rotatable bonds is 2. The Hall–Kier alpha value is -1.66. The van der Waals surface area contributed by atoms with Crippen molar-refractivity contribution in [2.24, 2.45) is 0 Å². The van der Waals surface area contributed by atoms with Gasteiger partial charge in [0.15, 0.2) is 5.75 Å². The van der Waals surface area contributed by atoms with Crippen LogP contribution in [0.4, 0.5) is 0 Å². The number of hydrogen-bond donors (Lipinski definition) is 0. The Bertz CT molecular complexity index is 564. The molecule has 0 bridgehead atoms. The Balaban J connectivity index is 2.19. The lowest BCUT2D eigenvalue weighted by Crippen LogP contribution is -1.85. The lowest BCUT2D eigenvalue weighted by Gasteiger charge is -2.01. The van der Waals surface area contributed by atoms with Crippen LogP contribution >= 0.6 is 8.69 Å². The van der Waals surface area contributed by atoms with Gasteiger partial charge in [0.2, 0.25) is 0 Å².